The van der Waals surface area contributed by atoms with E-state index in [1.165, 1.54) is 0 Å². The van der Waals surface area contributed by atoms with Crippen LogP contribution >= 0.6 is 0 Å². The first-order chi connectivity index (χ1) is 7.38. The van der Waals surface area contributed by atoms with Gasteiger partial charge in [-0.15, -0.1) is 0 Å². The molecule has 1 aromatic rings. The van der Waals surface area contributed by atoms with Crippen LogP contribution in [0, 0.1) is 6.92 Å². The number of aryl methyl sites for hydroxylation is 1. The second-order valence-corrected chi connectivity index (χ2v) is 3.64. The van der Waals surface area contributed by atoms with Crippen molar-refractivity contribution in [2.45, 2.75) is 38.4 Å². The fourth-order valence-electron chi connectivity index (χ4n) is 1.35. The van der Waals surface area contributed by atoms with Crippen molar-refractivity contribution in [3.05, 3.63) is 23.8 Å². The molecule has 0 radical (unpaired) electrons. The van der Waals surface area contributed by atoms with Crippen molar-refractivity contribution in [3.63, 3.8) is 0 Å². The number of nitrogens with zero attached hydrogens (tertiary/aromatic N) is 2. The van der Waals surface area contributed by atoms with Crippen LogP contribution < -0.4 is 5.73 Å². The van der Waals surface area contributed by atoms with E-state index in [1.54, 1.807) is 19.2 Å². The van der Waals surface area contributed by atoms with Crippen LogP contribution in [0.15, 0.2) is 12.3 Å². The topological polar surface area (TPSA) is 51.8 Å². The van der Waals surface area contributed by atoms with Gasteiger partial charge in [0, 0.05) is 18.7 Å². The van der Waals surface area contributed by atoms with Crippen molar-refractivity contribution in [1.82, 2.24) is 9.97 Å². The molecule has 16 heavy (non-hydrogen) atoms. The molecular formula is C10H14F3N3. The third kappa shape index (κ3) is 4.57. The molecule has 1 atom stereocenters. The number of nitrogens with two attached hydrogens (primary N) is 1. The smallest absolute Gasteiger partial charge is 0.323 e. The maximum absolute atomic E-state index is 11.9. The number of alkyl halides is 3. The molecule has 0 saturated carbocycles. The van der Waals surface area contributed by atoms with Gasteiger partial charge < -0.3 is 5.73 Å². The fraction of sp³-hybridized carbons (Fsp3) is 0.600. The molecule has 1 unspecified atom stereocenters. The average Bonchev–Trinajstić information content (AvgIpc) is 2.15. The summed E-state index contributed by atoms with van der Waals surface area (Å²) in [6, 6.07) is 1.18. The molecule has 0 aromatic carbocycles. The summed E-state index contributed by atoms with van der Waals surface area (Å²) in [6.45, 7) is 1.71. The molecule has 0 fully saturated rings. The van der Waals surface area contributed by atoms with Gasteiger partial charge in [-0.2, -0.15) is 13.2 Å². The van der Waals surface area contributed by atoms with Gasteiger partial charge in [-0.3, -0.25) is 0 Å². The molecule has 0 saturated heterocycles. The third-order valence-electron chi connectivity index (χ3n) is 2.15. The highest BCUT2D eigenvalue weighted by Crippen LogP contribution is 2.24. The van der Waals surface area contributed by atoms with E-state index in [0.29, 0.717) is 11.5 Å². The van der Waals surface area contributed by atoms with E-state index in [9.17, 15) is 13.2 Å². The Bertz CT molecular complexity index is 338. The van der Waals surface area contributed by atoms with Crippen LogP contribution in [0.25, 0.3) is 0 Å². The molecule has 0 aliphatic heterocycles. The predicted octanol–water partition coefficient (Wildman–Crippen LogP) is 2.52. The Morgan fingerprint density at radius 2 is 2.12 bits per heavy atom. The van der Waals surface area contributed by atoms with E-state index < -0.39 is 18.6 Å². The summed E-state index contributed by atoms with van der Waals surface area (Å²) >= 11 is 0. The molecule has 6 heteroatoms. The summed E-state index contributed by atoms with van der Waals surface area (Å²) in [6.07, 6.45) is -3.06. The third-order valence-corrected chi connectivity index (χ3v) is 2.15. The normalized spacial score (nSPS) is 13.8. The molecule has 1 aromatic heterocycles. The Hall–Kier alpha value is -1.17. The van der Waals surface area contributed by atoms with Gasteiger partial charge in [0.15, 0.2) is 0 Å². The van der Waals surface area contributed by atoms with Gasteiger partial charge in [0.25, 0.3) is 0 Å². The zero-order valence-electron chi connectivity index (χ0n) is 8.96. The molecule has 0 amide bonds. The fourth-order valence-corrected chi connectivity index (χ4v) is 1.35. The number of hydrogen-bond acceptors (Lipinski definition) is 3. The SMILES string of the molecule is Cc1nccc(C(N)CCCC(F)(F)F)n1. The zero-order chi connectivity index (χ0) is 12.2. The van der Waals surface area contributed by atoms with Crippen LogP contribution in [-0.2, 0) is 0 Å². The number of halogens is 3. The standard InChI is InChI=1S/C10H14F3N3/c1-7-15-6-4-9(16-7)8(14)3-2-5-10(11,12)13/h4,6,8H,2-3,5,14H2,1H3. The lowest BCUT2D eigenvalue weighted by Gasteiger charge is -2.12. The quantitative estimate of drug-likeness (QED) is 0.869. The summed E-state index contributed by atoms with van der Waals surface area (Å²) < 4.78 is 35.7. The van der Waals surface area contributed by atoms with Crippen molar-refractivity contribution in [3.8, 4) is 0 Å². The second kappa shape index (κ2) is 5.25. The van der Waals surface area contributed by atoms with Crippen molar-refractivity contribution in [2.75, 3.05) is 0 Å². The van der Waals surface area contributed by atoms with Crippen LogP contribution in [-0.4, -0.2) is 16.1 Å². The van der Waals surface area contributed by atoms with Crippen LogP contribution in [0.1, 0.15) is 36.8 Å². The van der Waals surface area contributed by atoms with E-state index in [0.717, 1.165) is 0 Å². The molecule has 0 aliphatic rings. The Morgan fingerprint density at radius 3 is 2.69 bits per heavy atom. The van der Waals surface area contributed by atoms with Crippen molar-refractivity contribution in [2.24, 2.45) is 5.73 Å². The largest absolute Gasteiger partial charge is 0.389 e. The van der Waals surface area contributed by atoms with E-state index in [-0.39, 0.29) is 12.8 Å². The molecule has 1 rings (SSSR count). The van der Waals surface area contributed by atoms with Crippen LogP contribution in [0.2, 0.25) is 0 Å². The van der Waals surface area contributed by atoms with E-state index in [4.69, 9.17) is 5.73 Å². The van der Waals surface area contributed by atoms with Crippen LogP contribution in [0.3, 0.4) is 0 Å². The maximum Gasteiger partial charge on any atom is 0.389 e. The zero-order valence-corrected chi connectivity index (χ0v) is 8.96. The van der Waals surface area contributed by atoms with Crippen LogP contribution in [0.5, 0.6) is 0 Å². The predicted molar refractivity (Wildman–Crippen MR) is 53.6 cm³/mol. The summed E-state index contributed by atoms with van der Waals surface area (Å²) in [5.41, 5.74) is 6.33. The Labute approximate surface area is 91.9 Å². The van der Waals surface area contributed by atoms with E-state index >= 15 is 0 Å². The summed E-state index contributed by atoms with van der Waals surface area (Å²) in [5, 5.41) is 0. The van der Waals surface area contributed by atoms with Gasteiger partial charge in [0.2, 0.25) is 0 Å². The number of rotatable bonds is 4. The monoisotopic (exact) mass is 233 g/mol. The lowest BCUT2D eigenvalue weighted by molar-refractivity contribution is -0.135. The Kier molecular flexibility index (Phi) is 4.23. The molecule has 2 N–H and O–H groups in total. The van der Waals surface area contributed by atoms with Gasteiger partial charge in [-0.25, -0.2) is 9.97 Å². The Morgan fingerprint density at radius 1 is 1.44 bits per heavy atom. The van der Waals surface area contributed by atoms with E-state index in [2.05, 4.69) is 9.97 Å². The first kappa shape index (κ1) is 12.9. The summed E-state index contributed by atoms with van der Waals surface area (Å²) in [5.74, 6) is 0.573. The minimum absolute atomic E-state index is 0.0215. The highest BCUT2D eigenvalue weighted by Gasteiger charge is 2.26. The minimum Gasteiger partial charge on any atom is -0.323 e. The van der Waals surface area contributed by atoms with Gasteiger partial charge in [0.05, 0.1) is 5.69 Å². The molecule has 3 nitrogen and oxygen atoms in total. The molecular weight excluding hydrogens is 219 g/mol. The van der Waals surface area contributed by atoms with Crippen molar-refractivity contribution < 1.29 is 13.2 Å². The summed E-state index contributed by atoms with van der Waals surface area (Å²) in [7, 11) is 0. The van der Waals surface area contributed by atoms with E-state index in [1.807, 2.05) is 0 Å². The minimum atomic E-state index is -4.11. The first-order valence-corrected chi connectivity index (χ1v) is 5.00. The molecule has 0 aliphatic carbocycles. The second-order valence-electron chi connectivity index (χ2n) is 3.64. The molecule has 0 spiro atoms. The maximum atomic E-state index is 11.9. The number of hydrogen-bond donors (Lipinski definition) is 1. The molecule has 1 heterocycles. The van der Waals surface area contributed by atoms with Crippen molar-refractivity contribution >= 4 is 0 Å². The summed E-state index contributed by atoms with van der Waals surface area (Å²) in [4.78, 5) is 7.97. The van der Waals surface area contributed by atoms with Gasteiger partial charge in [-0.05, 0) is 25.8 Å². The Balaban J connectivity index is 2.44. The van der Waals surface area contributed by atoms with Gasteiger partial charge >= 0.3 is 6.18 Å². The lowest BCUT2D eigenvalue weighted by Crippen LogP contribution is -2.14. The highest BCUT2D eigenvalue weighted by molar-refractivity contribution is 5.06. The average molecular weight is 233 g/mol. The lowest BCUT2D eigenvalue weighted by atomic mass is 10.1. The highest BCUT2D eigenvalue weighted by atomic mass is 19.4. The van der Waals surface area contributed by atoms with Gasteiger partial charge in [0.1, 0.15) is 5.82 Å². The molecule has 0 bridgehead atoms. The number of aromatic nitrogens is 2. The van der Waals surface area contributed by atoms with Crippen LogP contribution in [0.4, 0.5) is 13.2 Å². The van der Waals surface area contributed by atoms with Crippen molar-refractivity contribution in [1.29, 1.82) is 0 Å². The molecule has 90 valence electrons. The van der Waals surface area contributed by atoms with Gasteiger partial charge in [-0.1, -0.05) is 0 Å². The first-order valence-electron chi connectivity index (χ1n) is 5.00.